The lowest BCUT2D eigenvalue weighted by Crippen LogP contribution is -2.21. The van der Waals surface area contributed by atoms with Crippen LogP contribution < -0.4 is 4.90 Å². The molecule has 0 N–H and O–H groups in total. The van der Waals surface area contributed by atoms with Crippen molar-refractivity contribution in [2.45, 2.75) is 13.8 Å². The normalized spacial score (nSPS) is 10.8. The zero-order valence-corrected chi connectivity index (χ0v) is 12.6. The molecule has 0 aromatic heterocycles. The van der Waals surface area contributed by atoms with E-state index in [0.717, 1.165) is 29.9 Å². The van der Waals surface area contributed by atoms with Crippen LogP contribution >= 0.6 is 0 Å². The molecule has 0 saturated carbocycles. The first-order valence-electron chi connectivity index (χ1n) is 7.37. The molecule has 0 aliphatic rings. The van der Waals surface area contributed by atoms with Gasteiger partial charge in [0.2, 0.25) is 0 Å². The zero-order chi connectivity index (χ0) is 15.1. The van der Waals surface area contributed by atoms with Crippen molar-refractivity contribution in [3.05, 3.63) is 71.8 Å². The number of ketones is 1. The Morgan fingerprint density at radius 2 is 1.57 bits per heavy atom. The monoisotopic (exact) mass is 279 g/mol. The van der Waals surface area contributed by atoms with Crippen molar-refractivity contribution in [1.82, 2.24) is 0 Å². The third kappa shape index (κ3) is 4.06. The van der Waals surface area contributed by atoms with Gasteiger partial charge in [-0.2, -0.15) is 0 Å². The number of allylic oxidation sites excluding steroid dienone is 1. The molecule has 0 atom stereocenters. The van der Waals surface area contributed by atoms with E-state index < -0.39 is 0 Å². The van der Waals surface area contributed by atoms with Crippen molar-refractivity contribution in [2.24, 2.45) is 0 Å². The molecule has 2 rings (SSSR count). The van der Waals surface area contributed by atoms with Crippen LogP contribution in [-0.2, 0) is 0 Å². The van der Waals surface area contributed by atoms with E-state index in [4.69, 9.17) is 0 Å². The number of hydrogen-bond donors (Lipinski definition) is 0. The summed E-state index contributed by atoms with van der Waals surface area (Å²) in [5.74, 6) is 0.0324. The van der Waals surface area contributed by atoms with Crippen LogP contribution in [0.5, 0.6) is 0 Å². The van der Waals surface area contributed by atoms with Crippen molar-refractivity contribution >= 4 is 17.5 Å². The Kier molecular flexibility index (Phi) is 5.33. The maximum Gasteiger partial charge on any atom is 0.185 e. The van der Waals surface area contributed by atoms with Crippen molar-refractivity contribution < 1.29 is 4.79 Å². The fourth-order valence-corrected chi connectivity index (χ4v) is 2.26. The van der Waals surface area contributed by atoms with Crippen LogP contribution in [0.3, 0.4) is 0 Å². The van der Waals surface area contributed by atoms with Gasteiger partial charge < -0.3 is 4.90 Å². The van der Waals surface area contributed by atoms with Crippen LogP contribution in [0.15, 0.2) is 60.7 Å². The van der Waals surface area contributed by atoms with Crippen molar-refractivity contribution in [2.75, 3.05) is 18.0 Å². The molecule has 0 amide bonds. The molecule has 2 aromatic carbocycles. The largest absolute Gasteiger partial charge is 0.372 e. The second-order valence-corrected chi connectivity index (χ2v) is 4.83. The quantitative estimate of drug-likeness (QED) is 0.576. The van der Waals surface area contributed by atoms with E-state index in [2.05, 4.69) is 18.7 Å². The minimum atomic E-state index is 0.0324. The number of benzene rings is 2. The number of hydrogen-bond acceptors (Lipinski definition) is 2. The third-order valence-corrected chi connectivity index (χ3v) is 3.51. The van der Waals surface area contributed by atoms with E-state index in [1.54, 1.807) is 6.08 Å². The molecule has 0 heterocycles. The fourth-order valence-electron chi connectivity index (χ4n) is 2.26. The predicted molar refractivity (Wildman–Crippen MR) is 89.8 cm³/mol. The van der Waals surface area contributed by atoms with Crippen molar-refractivity contribution in [3.8, 4) is 0 Å². The van der Waals surface area contributed by atoms with Gasteiger partial charge in [0, 0.05) is 24.3 Å². The smallest absolute Gasteiger partial charge is 0.185 e. The number of nitrogens with zero attached hydrogens (tertiary/aromatic N) is 1. The Bertz CT molecular complexity index is 595. The summed E-state index contributed by atoms with van der Waals surface area (Å²) in [4.78, 5) is 14.4. The summed E-state index contributed by atoms with van der Waals surface area (Å²) in [6.07, 6.45) is 3.47. The molecule has 108 valence electrons. The zero-order valence-electron chi connectivity index (χ0n) is 12.6. The standard InChI is InChI=1S/C19H21NO/c1-3-20(4-2)18-13-11-17(12-14-18)19(21)15-10-16-8-6-5-7-9-16/h5-15H,3-4H2,1-2H3/b15-10+. The highest BCUT2D eigenvalue weighted by Gasteiger charge is 2.04. The summed E-state index contributed by atoms with van der Waals surface area (Å²) >= 11 is 0. The summed E-state index contributed by atoms with van der Waals surface area (Å²) in [5, 5.41) is 0. The maximum atomic E-state index is 12.1. The highest BCUT2D eigenvalue weighted by molar-refractivity contribution is 6.06. The highest BCUT2D eigenvalue weighted by Crippen LogP contribution is 2.15. The van der Waals surface area contributed by atoms with Gasteiger partial charge in [-0.25, -0.2) is 0 Å². The molecule has 2 heteroatoms. The van der Waals surface area contributed by atoms with E-state index >= 15 is 0 Å². The molecule has 21 heavy (non-hydrogen) atoms. The third-order valence-electron chi connectivity index (χ3n) is 3.51. The molecule has 0 unspecified atom stereocenters. The molecule has 0 radical (unpaired) electrons. The molecule has 2 nitrogen and oxygen atoms in total. The second-order valence-electron chi connectivity index (χ2n) is 4.83. The summed E-state index contributed by atoms with van der Waals surface area (Å²) in [6, 6.07) is 17.7. The van der Waals surface area contributed by atoms with Gasteiger partial charge in [-0.15, -0.1) is 0 Å². The second kappa shape index (κ2) is 7.44. The number of carbonyl (C=O) groups is 1. The Hall–Kier alpha value is -2.35. The van der Waals surface area contributed by atoms with Gasteiger partial charge in [0.25, 0.3) is 0 Å². The molecule has 0 saturated heterocycles. The summed E-state index contributed by atoms with van der Waals surface area (Å²) in [6.45, 7) is 6.20. The Labute approximate surface area is 126 Å². The first-order chi connectivity index (χ1) is 10.2. The minimum Gasteiger partial charge on any atom is -0.372 e. The van der Waals surface area contributed by atoms with E-state index in [1.165, 1.54) is 0 Å². The van der Waals surface area contributed by atoms with Crippen LogP contribution in [0.25, 0.3) is 6.08 Å². The lowest BCUT2D eigenvalue weighted by Gasteiger charge is -2.20. The number of carbonyl (C=O) groups excluding carboxylic acids is 1. The van der Waals surface area contributed by atoms with Crippen LogP contribution in [0.4, 0.5) is 5.69 Å². The van der Waals surface area contributed by atoms with E-state index in [-0.39, 0.29) is 5.78 Å². The van der Waals surface area contributed by atoms with E-state index in [1.807, 2.05) is 60.7 Å². The Balaban J connectivity index is 2.08. The Morgan fingerprint density at radius 3 is 2.14 bits per heavy atom. The van der Waals surface area contributed by atoms with Gasteiger partial charge >= 0.3 is 0 Å². The van der Waals surface area contributed by atoms with Crippen molar-refractivity contribution in [1.29, 1.82) is 0 Å². The average Bonchev–Trinajstić information content (AvgIpc) is 2.55. The van der Waals surface area contributed by atoms with Gasteiger partial charge in [0.05, 0.1) is 0 Å². The molecular formula is C19H21NO. The number of anilines is 1. The van der Waals surface area contributed by atoms with Crippen LogP contribution in [0, 0.1) is 0 Å². The minimum absolute atomic E-state index is 0.0324. The first kappa shape index (κ1) is 15.0. The molecule has 0 aliphatic heterocycles. The molecular weight excluding hydrogens is 258 g/mol. The Morgan fingerprint density at radius 1 is 0.952 bits per heavy atom. The van der Waals surface area contributed by atoms with Gasteiger partial charge in [0.15, 0.2) is 5.78 Å². The van der Waals surface area contributed by atoms with Crippen LogP contribution in [-0.4, -0.2) is 18.9 Å². The molecule has 0 aliphatic carbocycles. The highest BCUT2D eigenvalue weighted by atomic mass is 16.1. The van der Waals surface area contributed by atoms with E-state index in [0.29, 0.717) is 0 Å². The predicted octanol–water partition coefficient (Wildman–Crippen LogP) is 4.43. The molecule has 2 aromatic rings. The fraction of sp³-hybridized carbons (Fsp3) is 0.211. The maximum absolute atomic E-state index is 12.1. The van der Waals surface area contributed by atoms with Crippen LogP contribution in [0.1, 0.15) is 29.8 Å². The summed E-state index contributed by atoms with van der Waals surface area (Å²) in [7, 11) is 0. The lowest BCUT2D eigenvalue weighted by atomic mass is 10.1. The van der Waals surface area contributed by atoms with Gasteiger partial charge in [-0.3, -0.25) is 4.79 Å². The van der Waals surface area contributed by atoms with Gasteiger partial charge in [-0.05, 0) is 49.8 Å². The van der Waals surface area contributed by atoms with Gasteiger partial charge in [-0.1, -0.05) is 36.4 Å². The van der Waals surface area contributed by atoms with E-state index in [9.17, 15) is 4.79 Å². The molecule has 0 bridgehead atoms. The van der Waals surface area contributed by atoms with Crippen LogP contribution in [0.2, 0.25) is 0 Å². The van der Waals surface area contributed by atoms with Gasteiger partial charge in [0.1, 0.15) is 0 Å². The molecule has 0 spiro atoms. The summed E-state index contributed by atoms with van der Waals surface area (Å²) in [5.41, 5.74) is 2.91. The SMILES string of the molecule is CCN(CC)c1ccc(C(=O)/C=C/c2ccccc2)cc1. The first-order valence-corrected chi connectivity index (χ1v) is 7.37. The average molecular weight is 279 g/mol. The lowest BCUT2D eigenvalue weighted by molar-refractivity contribution is 0.104. The number of rotatable bonds is 6. The summed E-state index contributed by atoms with van der Waals surface area (Å²) < 4.78 is 0. The van der Waals surface area contributed by atoms with Crippen molar-refractivity contribution in [3.63, 3.8) is 0 Å². The topological polar surface area (TPSA) is 20.3 Å². The molecule has 0 fully saturated rings.